The lowest BCUT2D eigenvalue weighted by atomic mass is 10.1. The molecule has 30 heavy (non-hydrogen) atoms. The SMILES string of the molecule is N[C@@H](CCCCNC(=O)CN1CCN(CC(=O)O)CCN(CC(=O)O)CC1)C(=O)O. The molecule has 12 nitrogen and oxygen atoms in total. The normalized spacial score (nSPS) is 18.0. The number of aliphatic carboxylic acids is 3. The number of carbonyl (C=O) groups excluding carboxylic acids is 1. The Labute approximate surface area is 175 Å². The average molecular weight is 431 g/mol. The van der Waals surface area contributed by atoms with Crippen LogP contribution in [0.5, 0.6) is 0 Å². The van der Waals surface area contributed by atoms with Crippen molar-refractivity contribution in [2.24, 2.45) is 5.73 Å². The van der Waals surface area contributed by atoms with Gasteiger partial charge in [-0.1, -0.05) is 0 Å². The molecule has 12 heteroatoms. The Morgan fingerprint density at radius 2 is 1.20 bits per heavy atom. The second-order valence-corrected chi connectivity index (χ2v) is 7.41. The molecule has 1 rings (SSSR count). The van der Waals surface area contributed by atoms with E-state index in [4.69, 9.17) is 21.1 Å². The van der Waals surface area contributed by atoms with Crippen molar-refractivity contribution in [3.8, 4) is 0 Å². The summed E-state index contributed by atoms with van der Waals surface area (Å²) < 4.78 is 0. The van der Waals surface area contributed by atoms with Gasteiger partial charge in [-0.25, -0.2) is 0 Å². The summed E-state index contributed by atoms with van der Waals surface area (Å²) in [4.78, 5) is 50.4. The number of carbonyl (C=O) groups is 4. The van der Waals surface area contributed by atoms with Crippen LogP contribution < -0.4 is 11.1 Å². The summed E-state index contributed by atoms with van der Waals surface area (Å²) >= 11 is 0. The molecule has 0 saturated carbocycles. The van der Waals surface area contributed by atoms with Crippen molar-refractivity contribution in [2.45, 2.75) is 25.3 Å². The molecule has 0 spiro atoms. The molecule has 0 unspecified atom stereocenters. The van der Waals surface area contributed by atoms with Crippen LogP contribution in [0.15, 0.2) is 0 Å². The van der Waals surface area contributed by atoms with Crippen LogP contribution in [-0.2, 0) is 19.2 Å². The third kappa shape index (κ3) is 11.7. The Morgan fingerprint density at radius 1 is 0.767 bits per heavy atom. The zero-order valence-electron chi connectivity index (χ0n) is 17.2. The molecule has 1 fully saturated rings. The van der Waals surface area contributed by atoms with Crippen molar-refractivity contribution in [1.29, 1.82) is 0 Å². The van der Waals surface area contributed by atoms with E-state index in [9.17, 15) is 19.2 Å². The maximum Gasteiger partial charge on any atom is 0.320 e. The van der Waals surface area contributed by atoms with E-state index in [0.29, 0.717) is 65.1 Å². The highest BCUT2D eigenvalue weighted by molar-refractivity contribution is 5.78. The van der Waals surface area contributed by atoms with Gasteiger partial charge in [-0.3, -0.25) is 33.9 Å². The van der Waals surface area contributed by atoms with Gasteiger partial charge in [0.15, 0.2) is 0 Å². The fourth-order valence-corrected chi connectivity index (χ4v) is 3.14. The highest BCUT2D eigenvalue weighted by Gasteiger charge is 2.20. The van der Waals surface area contributed by atoms with Crippen LogP contribution >= 0.6 is 0 Å². The second-order valence-electron chi connectivity index (χ2n) is 7.41. The Hall–Kier alpha value is -2.28. The molecule has 0 aliphatic carbocycles. The molecule has 0 aromatic carbocycles. The number of carboxylic acid groups (broad SMARTS) is 3. The van der Waals surface area contributed by atoms with Gasteiger partial charge in [-0.15, -0.1) is 0 Å². The summed E-state index contributed by atoms with van der Waals surface area (Å²) in [5.41, 5.74) is 5.43. The molecule has 6 N–H and O–H groups in total. The summed E-state index contributed by atoms with van der Waals surface area (Å²) in [7, 11) is 0. The Balaban J connectivity index is 2.48. The van der Waals surface area contributed by atoms with Crippen LogP contribution in [-0.4, -0.2) is 125 Å². The van der Waals surface area contributed by atoms with E-state index in [-0.39, 0.29) is 25.5 Å². The monoisotopic (exact) mass is 431 g/mol. The van der Waals surface area contributed by atoms with E-state index >= 15 is 0 Å². The Kier molecular flexibility index (Phi) is 11.9. The predicted octanol–water partition coefficient (Wildman–Crippen LogP) is -2.23. The lowest BCUT2D eigenvalue weighted by Gasteiger charge is -2.24. The standard InChI is InChI=1S/C18H33N5O7/c19-14(18(29)30)3-1-2-4-20-15(24)11-21-5-7-22(12-16(25)26)9-10-23(8-6-21)13-17(27)28/h14H,1-13,19H2,(H,20,24)(H,25,26)(H,27,28)(H,29,30)/t14-/m0/s1. The van der Waals surface area contributed by atoms with Gasteiger partial charge >= 0.3 is 17.9 Å². The van der Waals surface area contributed by atoms with Gasteiger partial charge in [0, 0.05) is 45.8 Å². The van der Waals surface area contributed by atoms with Gasteiger partial charge in [-0.05, 0) is 19.3 Å². The smallest absolute Gasteiger partial charge is 0.320 e. The highest BCUT2D eigenvalue weighted by Crippen LogP contribution is 2.02. The first-order valence-corrected chi connectivity index (χ1v) is 10.0. The lowest BCUT2D eigenvalue weighted by Crippen LogP contribution is -2.43. The van der Waals surface area contributed by atoms with E-state index in [1.807, 2.05) is 4.90 Å². The van der Waals surface area contributed by atoms with Gasteiger partial charge in [0.2, 0.25) is 5.91 Å². The molecule has 0 radical (unpaired) electrons. The Bertz CT molecular complexity index is 561. The third-order valence-electron chi connectivity index (χ3n) is 4.86. The van der Waals surface area contributed by atoms with Crippen LogP contribution in [0.2, 0.25) is 0 Å². The number of rotatable bonds is 12. The fourth-order valence-electron chi connectivity index (χ4n) is 3.14. The first kappa shape index (κ1) is 25.8. The molecular weight excluding hydrogens is 398 g/mol. The topological polar surface area (TPSA) is 177 Å². The number of hydrogen-bond donors (Lipinski definition) is 5. The fraction of sp³-hybridized carbons (Fsp3) is 0.778. The van der Waals surface area contributed by atoms with Crippen molar-refractivity contribution in [3.05, 3.63) is 0 Å². The van der Waals surface area contributed by atoms with Crippen LogP contribution in [0.25, 0.3) is 0 Å². The van der Waals surface area contributed by atoms with Gasteiger partial charge in [-0.2, -0.15) is 0 Å². The molecular formula is C18H33N5O7. The molecule has 1 amide bonds. The lowest BCUT2D eigenvalue weighted by molar-refractivity contribution is -0.140. The molecule has 1 atom stereocenters. The zero-order valence-corrected chi connectivity index (χ0v) is 17.2. The number of nitrogens with zero attached hydrogens (tertiary/aromatic N) is 3. The van der Waals surface area contributed by atoms with Crippen molar-refractivity contribution in [3.63, 3.8) is 0 Å². The number of amides is 1. The molecule has 1 aliphatic rings. The van der Waals surface area contributed by atoms with Crippen molar-refractivity contribution in [1.82, 2.24) is 20.0 Å². The number of unbranched alkanes of at least 4 members (excludes halogenated alkanes) is 1. The minimum Gasteiger partial charge on any atom is -0.480 e. The predicted molar refractivity (Wildman–Crippen MR) is 107 cm³/mol. The summed E-state index contributed by atoms with van der Waals surface area (Å²) in [6.45, 7) is 3.06. The molecule has 1 heterocycles. The molecule has 0 aromatic rings. The number of hydrogen-bond acceptors (Lipinski definition) is 8. The molecule has 0 aromatic heterocycles. The molecule has 172 valence electrons. The highest BCUT2D eigenvalue weighted by atomic mass is 16.4. The van der Waals surface area contributed by atoms with Gasteiger partial charge in [0.1, 0.15) is 6.04 Å². The third-order valence-corrected chi connectivity index (χ3v) is 4.86. The maximum absolute atomic E-state index is 12.2. The van der Waals surface area contributed by atoms with Crippen LogP contribution in [0.1, 0.15) is 19.3 Å². The molecule has 1 saturated heterocycles. The quantitative estimate of drug-likeness (QED) is 0.211. The largest absolute Gasteiger partial charge is 0.480 e. The first-order valence-electron chi connectivity index (χ1n) is 10.0. The number of nitrogens with two attached hydrogens (primary N) is 1. The number of carboxylic acids is 3. The van der Waals surface area contributed by atoms with E-state index < -0.39 is 23.9 Å². The summed E-state index contributed by atoms with van der Waals surface area (Å²) in [5.74, 6) is -3.14. The molecule has 0 bridgehead atoms. The number of nitrogens with one attached hydrogen (secondary N) is 1. The van der Waals surface area contributed by atoms with Crippen molar-refractivity contribution < 1.29 is 34.5 Å². The maximum atomic E-state index is 12.2. The summed E-state index contributed by atoms with van der Waals surface area (Å²) in [5, 5.41) is 29.6. The van der Waals surface area contributed by atoms with Gasteiger partial charge in [0.05, 0.1) is 19.6 Å². The minimum atomic E-state index is -1.04. The first-order chi connectivity index (χ1) is 14.2. The minimum absolute atomic E-state index is 0.121. The van der Waals surface area contributed by atoms with E-state index in [2.05, 4.69) is 5.32 Å². The van der Waals surface area contributed by atoms with E-state index in [1.54, 1.807) is 9.80 Å². The van der Waals surface area contributed by atoms with Crippen LogP contribution in [0.4, 0.5) is 0 Å². The van der Waals surface area contributed by atoms with Crippen molar-refractivity contribution in [2.75, 3.05) is 65.4 Å². The summed E-state index contributed by atoms with van der Waals surface area (Å²) in [6, 6.07) is -0.895. The van der Waals surface area contributed by atoms with Gasteiger partial charge < -0.3 is 26.4 Å². The second kappa shape index (κ2) is 13.9. The summed E-state index contributed by atoms with van der Waals surface area (Å²) in [6.07, 6.45) is 1.55. The zero-order chi connectivity index (χ0) is 22.5. The van der Waals surface area contributed by atoms with Crippen LogP contribution in [0.3, 0.4) is 0 Å². The van der Waals surface area contributed by atoms with Gasteiger partial charge in [0.25, 0.3) is 0 Å². The van der Waals surface area contributed by atoms with E-state index in [0.717, 1.165) is 0 Å². The van der Waals surface area contributed by atoms with E-state index in [1.165, 1.54) is 0 Å². The van der Waals surface area contributed by atoms with Crippen LogP contribution in [0, 0.1) is 0 Å². The Morgan fingerprint density at radius 3 is 1.60 bits per heavy atom. The average Bonchev–Trinajstić information content (AvgIpc) is 2.73. The molecule has 1 aliphatic heterocycles. The van der Waals surface area contributed by atoms with Crippen molar-refractivity contribution >= 4 is 23.8 Å².